The fraction of sp³-hybridized carbons (Fsp3) is 0.571. The van der Waals surface area contributed by atoms with Crippen molar-refractivity contribution in [3.8, 4) is 0 Å². The predicted molar refractivity (Wildman–Crippen MR) is 79.1 cm³/mol. The second kappa shape index (κ2) is 7.03. The Balaban J connectivity index is 2.65. The Bertz CT molecular complexity index is 469. The minimum atomic E-state index is -3.34. The first-order chi connectivity index (χ1) is 8.83. The van der Waals surface area contributed by atoms with Crippen LogP contribution < -0.4 is 4.72 Å². The van der Waals surface area contributed by atoms with Crippen molar-refractivity contribution in [3.05, 3.63) is 35.9 Å². The third-order valence-corrected chi connectivity index (χ3v) is 4.79. The molecule has 1 N–H and O–H groups in total. The largest absolute Gasteiger partial charge is 0.278 e. The second-order valence-electron chi connectivity index (χ2n) is 5.33. The molecule has 19 heavy (non-hydrogen) atoms. The van der Waals surface area contributed by atoms with Gasteiger partial charge in [0, 0.05) is 20.6 Å². The van der Waals surface area contributed by atoms with Gasteiger partial charge < -0.3 is 0 Å². The fourth-order valence-corrected chi connectivity index (χ4v) is 2.48. The summed E-state index contributed by atoms with van der Waals surface area (Å²) in [6.07, 6.45) is 0.883. The number of rotatable bonds is 7. The summed E-state index contributed by atoms with van der Waals surface area (Å²) in [5.41, 5.74) is 1.24. The SMILES string of the molecule is CC(C)C(CNS(=O)(=O)N(C)C)Cc1ccccc1. The molecule has 0 spiro atoms. The van der Waals surface area contributed by atoms with Crippen LogP contribution in [0.3, 0.4) is 0 Å². The highest BCUT2D eigenvalue weighted by Crippen LogP contribution is 2.16. The molecule has 0 aromatic heterocycles. The first-order valence-corrected chi connectivity index (χ1v) is 7.98. The van der Waals surface area contributed by atoms with Gasteiger partial charge in [0.1, 0.15) is 0 Å². The molecule has 0 aliphatic rings. The van der Waals surface area contributed by atoms with Gasteiger partial charge in [-0.15, -0.1) is 0 Å². The molecule has 0 fully saturated rings. The van der Waals surface area contributed by atoms with Gasteiger partial charge in [0.15, 0.2) is 0 Å². The van der Waals surface area contributed by atoms with Crippen molar-refractivity contribution in [2.24, 2.45) is 11.8 Å². The molecule has 1 rings (SSSR count). The molecule has 0 saturated carbocycles. The number of benzene rings is 1. The molecule has 1 aromatic carbocycles. The molecule has 108 valence electrons. The maximum absolute atomic E-state index is 11.7. The van der Waals surface area contributed by atoms with Gasteiger partial charge in [-0.05, 0) is 23.8 Å². The highest BCUT2D eigenvalue weighted by Gasteiger charge is 2.19. The van der Waals surface area contributed by atoms with Gasteiger partial charge in [-0.2, -0.15) is 12.7 Å². The Morgan fingerprint density at radius 1 is 1.16 bits per heavy atom. The van der Waals surface area contributed by atoms with E-state index in [9.17, 15) is 8.42 Å². The maximum atomic E-state index is 11.7. The number of nitrogens with one attached hydrogen (secondary N) is 1. The smallest absolute Gasteiger partial charge is 0.202 e. The second-order valence-corrected chi connectivity index (χ2v) is 7.30. The van der Waals surface area contributed by atoms with Gasteiger partial charge in [-0.25, -0.2) is 4.72 Å². The quantitative estimate of drug-likeness (QED) is 0.831. The molecule has 1 unspecified atom stereocenters. The molecule has 0 radical (unpaired) electrons. The average Bonchev–Trinajstić information content (AvgIpc) is 2.35. The monoisotopic (exact) mass is 284 g/mol. The van der Waals surface area contributed by atoms with E-state index < -0.39 is 10.2 Å². The summed E-state index contributed by atoms with van der Waals surface area (Å²) in [6.45, 7) is 4.71. The van der Waals surface area contributed by atoms with E-state index in [0.29, 0.717) is 12.5 Å². The molecule has 0 aliphatic heterocycles. The Morgan fingerprint density at radius 3 is 2.21 bits per heavy atom. The van der Waals surface area contributed by atoms with Crippen LogP contribution in [0.4, 0.5) is 0 Å². The van der Waals surface area contributed by atoms with E-state index in [1.165, 1.54) is 24.0 Å². The first-order valence-electron chi connectivity index (χ1n) is 6.54. The summed E-state index contributed by atoms with van der Waals surface area (Å²) in [7, 11) is -0.272. The minimum absolute atomic E-state index is 0.289. The van der Waals surface area contributed by atoms with E-state index in [1.807, 2.05) is 18.2 Å². The molecular weight excluding hydrogens is 260 g/mol. The zero-order valence-corrected chi connectivity index (χ0v) is 12.9. The van der Waals surface area contributed by atoms with Crippen LogP contribution in [0.2, 0.25) is 0 Å². The van der Waals surface area contributed by atoms with Crippen LogP contribution in [0.25, 0.3) is 0 Å². The van der Waals surface area contributed by atoms with Crippen molar-refractivity contribution in [3.63, 3.8) is 0 Å². The topological polar surface area (TPSA) is 49.4 Å². The van der Waals surface area contributed by atoms with Gasteiger partial charge in [0.05, 0.1) is 0 Å². The molecular formula is C14H24N2O2S. The summed E-state index contributed by atoms with van der Waals surface area (Å²) >= 11 is 0. The van der Waals surface area contributed by atoms with Crippen molar-refractivity contribution in [2.45, 2.75) is 20.3 Å². The van der Waals surface area contributed by atoms with Crippen molar-refractivity contribution < 1.29 is 8.42 Å². The third kappa shape index (κ3) is 5.30. The lowest BCUT2D eigenvalue weighted by Gasteiger charge is -2.22. The lowest BCUT2D eigenvalue weighted by Crippen LogP contribution is -2.39. The normalized spacial score (nSPS) is 14.0. The predicted octanol–water partition coefficient (Wildman–Crippen LogP) is 1.90. The maximum Gasteiger partial charge on any atom is 0.278 e. The lowest BCUT2D eigenvalue weighted by molar-refractivity contribution is 0.375. The lowest BCUT2D eigenvalue weighted by atomic mass is 9.89. The van der Waals surface area contributed by atoms with Crippen LogP contribution in [0.15, 0.2) is 30.3 Å². The molecule has 0 aliphatic carbocycles. The van der Waals surface area contributed by atoms with Crippen LogP contribution in [0.1, 0.15) is 19.4 Å². The molecule has 0 amide bonds. The highest BCUT2D eigenvalue weighted by atomic mass is 32.2. The average molecular weight is 284 g/mol. The number of nitrogens with zero attached hydrogens (tertiary/aromatic N) is 1. The summed E-state index contributed by atoms with van der Waals surface area (Å²) < 4.78 is 27.3. The van der Waals surface area contributed by atoms with E-state index in [-0.39, 0.29) is 5.92 Å². The molecule has 5 heteroatoms. The van der Waals surface area contributed by atoms with Gasteiger partial charge >= 0.3 is 0 Å². The zero-order chi connectivity index (χ0) is 14.5. The van der Waals surface area contributed by atoms with Crippen LogP contribution in [-0.4, -0.2) is 33.4 Å². The zero-order valence-electron chi connectivity index (χ0n) is 12.1. The van der Waals surface area contributed by atoms with Crippen LogP contribution in [-0.2, 0) is 16.6 Å². The summed E-state index contributed by atoms with van der Waals surface area (Å²) in [6, 6.07) is 10.2. The number of hydrogen-bond acceptors (Lipinski definition) is 2. The molecule has 0 bridgehead atoms. The van der Waals surface area contributed by atoms with Gasteiger partial charge in [-0.3, -0.25) is 0 Å². The van der Waals surface area contributed by atoms with Crippen LogP contribution >= 0.6 is 0 Å². The molecule has 1 atom stereocenters. The first kappa shape index (κ1) is 16.1. The van der Waals surface area contributed by atoms with E-state index in [4.69, 9.17) is 0 Å². The van der Waals surface area contributed by atoms with Crippen molar-refractivity contribution in [1.29, 1.82) is 0 Å². The molecule has 4 nitrogen and oxygen atoms in total. The number of hydrogen-bond donors (Lipinski definition) is 1. The molecule has 0 heterocycles. The fourth-order valence-electron chi connectivity index (χ4n) is 1.80. The van der Waals surface area contributed by atoms with E-state index >= 15 is 0 Å². The Kier molecular flexibility index (Phi) is 5.97. The van der Waals surface area contributed by atoms with Crippen molar-refractivity contribution in [1.82, 2.24) is 9.03 Å². The Morgan fingerprint density at radius 2 is 1.74 bits per heavy atom. The third-order valence-electron chi connectivity index (χ3n) is 3.29. The molecule has 1 aromatic rings. The summed E-state index contributed by atoms with van der Waals surface area (Å²) in [5.74, 6) is 0.710. The summed E-state index contributed by atoms with van der Waals surface area (Å²) in [5, 5.41) is 0. The van der Waals surface area contributed by atoms with E-state index in [1.54, 1.807) is 0 Å². The van der Waals surface area contributed by atoms with E-state index in [2.05, 4.69) is 30.7 Å². The molecule has 0 saturated heterocycles. The van der Waals surface area contributed by atoms with Gasteiger partial charge in [-0.1, -0.05) is 44.2 Å². The van der Waals surface area contributed by atoms with Gasteiger partial charge in [0.25, 0.3) is 10.2 Å². The Labute approximate surface area is 117 Å². The standard InChI is InChI=1S/C14H24N2O2S/c1-12(2)14(10-13-8-6-5-7-9-13)11-15-19(17,18)16(3)4/h5-9,12,14-15H,10-11H2,1-4H3. The Hall–Kier alpha value is -0.910. The van der Waals surface area contributed by atoms with Crippen molar-refractivity contribution in [2.75, 3.05) is 20.6 Å². The summed E-state index contributed by atoms with van der Waals surface area (Å²) in [4.78, 5) is 0. The van der Waals surface area contributed by atoms with Crippen LogP contribution in [0, 0.1) is 11.8 Å². The highest BCUT2D eigenvalue weighted by molar-refractivity contribution is 7.87. The van der Waals surface area contributed by atoms with Crippen LogP contribution in [0.5, 0.6) is 0 Å². The minimum Gasteiger partial charge on any atom is -0.202 e. The van der Waals surface area contributed by atoms with Crippen molar-refractivity contribution >= 4 is 10.2 Å². The van der Waals surface area contributed by atoms with E-state index in [0.717, 1.165) is 6.42 Å². The van der Waals surface area contributed by atoms with Gasteiger partial charge in [0.2, 0.25) is 0 Å².